The SMILES string of the molecule is C=CCn1c(Cc2ccc(Cl)cc2)nnc1SCC(=O)Nc1ccc(C)cc1C. The number of nitrogens with zero attached hydrogens (tertiary/aromatic N) is 3. The monoisotopic (exact) mass is 426 g/mol. The zero-order valence-corrected chi connectivity index (χ0v) is 18.1. The van der Waals surface area contributed by atoms with E-state index in [1.165, 1.54) is 17.3 Å². The number of amides is 1. The number of aryl methyl sites for hydroxylation is 2. The number of allylic oxidation sites excluding steroid dienone is 1. The van der Waals surface area contributed by atoms with Gasteiger partial charge in [0, 0.05) is 23.7 Å². The predicted octanol–water partition coefficient (Wildman–Crippen LogP) is 5.06. The fourth-order valence-corrected chi connectivity index (χ4v) is 3.82. The van der Waals surface area contributed by atoms with E-state index in [0.29, 0.717) is 23.1 Å². The molecule has 2 aromatic carbocycles. The molecule has 3 aromatic rings. The van der Waals surface area contributed by atoms with Gasteiger partial charge >= 0.3 is 0 Å². The number of halogens is 1. The van der Waals surface area contributed by atoms with Crippen LogP contribution in [-0.2, 0) is 17.8 Å². The third kappa shape index (κ3) is 5.71. The van der Waals surface area contributed by atoms with E-state index in [1.807, 2.05) is 60.9 Å². The number of carbonyl (C=O) groups excluding carboxylic acids is 1. The van der Waals surface area contributed by atoms with Crippen LogP contribution in [0.5, 0.6) is 0 Å². The van der Waals surface area contributed by atoms with Gasteiger partial charge in [0.25, 0.3) is 0 Å². The van der Waals surface area contributed by atoms with Crippen molar-refractivity contribution in [2.45, 2.75) is 32.0 Å². The van der Waals surface area contributed by atoms with Crippen LogP contribution in [0.3, 0.4) is 0 Å². The van der Waals surface area contributed by atoms with E-state index in [1.54, 1.807) is 6.08 Å². The van der Waals surface area contributed by atoms with Gasteiger partial charge in [-0.25, -0.2) is 0 Å². The molecule has 0 atom stereocenters. The summed E-state index contributed by atoms with van der Waals surface area (Å²) in [6.07, 6.45) is 2.43. The van der Waals surface area contributed by atoms with Gasteiger partial charge in [-0.15, -0.1) is 16.8 Å². The summed E-state index contributed by atoms with van der Waals surface area (Å²) in [7, 11) is 0. The van der Waals surface area contributed by atoms with Crippen molar-refractivity contribution in [2.24, 2.45) is 0 Å². The molecule has 0 spiro atoms. The van der Waals surface area contributed by atoms with Crippen LogP contribution in [0.15, 0.2) is 60.3 Å². The number of benzene rings is 2. The highest BCUT2D eigenvalue weighted by atomic mass is 35.5. The van der Waals surface area contributed by atoms with Crippen molar-refractivity contribution in [3.05, 3.63) is 82.7 Å². The summed E-state index contributed by atoms with van der Waals surface area (Å²) in [5.74, 6) is 1.00. The Labute approximate surface area is 180 Å². The maximum Gasteiger partial charge on any atom is 0.234 e. The molecule has 0 saturated carbocycles. The highest BCUT2D eigenvalue weighted by Gasteiger charge is 2.14. The minimum absolute atomic E-state index is 0.0747. The highest BCUT2D eigenvalue weighted by Crippen LogP contribution is 2.21. The van der Waals surface area contributed by atoms with Crippen LogP contribution in [0.25, 0.3) is 0 Å². The first-order valence-corrected chi connectivity index (χ1v) is 10.6. The van der Waals surface area contributed by atoms with Crippen molar-refractivity contribution in [3.8, 4) is 0 Å². The number of carbonyl (C=O) groups is 1. The summed E-state index contributed by atoms with van der Waals surface area (Å²) >= 11 is 7.32. The molecule has 0 fully saturated rings. The van der Waals surface area contributed by atoms with Crippen LogP contribution in [-0.4, -0.2) is 26.4 Å². The van der Waals surface area contributed by atoms with Crippen LogP contribution in [0.2, 0.25) is 5.02 Å². The molecule has 0 aliphatic heterocycles. The second kappa shape index (κ2) is 9.76. The smallest absolute Gasteiger partial charge is 0.234 e. The van der Waals surface area contributed by atoms with E-state index in [2.05, 4.69) is 22.1 Å². The van der Waals surface area contributed by atoms with Gasteiger partial charge in [-0.1, -0.05) is 59.3 Å². The average Bonchev–Trinajstić information content (AvgIpc) is 3.06. The van der Waals surface area contributed by atoms with Crippen LogP contribution in [0.1, 0.15) is 22.5 Å². The zero-order valence-electron chi connectivity index (χ0n) is 16.5. The summed E-state index contributed by atoms with van der Waals surface area (Å²) < 4.78 is 1.98. The van der Waals surface area contributed by atoms with Gasteiger partial charge in [-0.2, -0.15) is 0 Å². The van der Waals surface area contributed by atoms with Crippen molar-refractivity contribution >= 4 is 35.0 Å². The van der Waals surface area contributed by atoms with Gasteiger partial charge in [0.2, 0.25) is 5.91 Å². The fourth-order valence-electron chi connectivity index (χ4n) is 2.92. The van der Waals surface area contributed by atoms with Gasteiger partial charge in [0.05, 0.1) is 5.75 Å². The lowest BCUT2D eigenvalue weighted by Crippen LogP contribution is -2.15. The van der Waals surface area contributed by atoms with Crippen molar-refractivity contribution in [2.75, 3.05) is 11.1 Å². The minimum Gasteiger partial charge on any atom is -0.325 e. The van der Waals surface area contributed by atoms with E-state index < -0.39 is 0 Å². The molecule has 0 aliphatic rings. The minimum atomic E-state index is -0.0747. The third-order valence-electron chi connectivity index (χ3n) is 4.37. The zero-order chi connectivity index (χ0) is 20.8. The van der Waals surface area contributed by atoms with Gasteiger partial charge < -0.3 is 9.88 Å². The number of hydrogen-bond acceptors (Lipinski definition) is 4. The molecule has 0 saturated heterocycles. The summed E-state index contributed by atoms with van der Waals surface area (Å²) in [6.45, 7) is 8.42. The standard InChI is InChI=1S/C22H23ClN4OS/c1-4-11-27-20(13-17-6-8-18(23)9-7-17)25-26-22(27)29-14-21(28)24-19-10-5-15(2)12-16(19)3/h4-10,12H,1,11,13-14H2,2-3H3,(H,24,28). The summed E-state index contributed by atoms with van der Waals surface area (Å²) in [6, 6.07) is 13.6. The van der Waals surface area contributed by atoms with E-state index in [0.717, 1.165) is 22.6 Å². The molecule has 0 aliphatic carbocycles. The number of nitrogens with one attached hydrogen (secondary N) is 1. The van der Waals surface area contributed by atoms with Crippen molar-refractivity contribution in [1.29, 1.82) is 0 Å². The third-order valence-corrected chi connectivity index (χ3v) is 5.59. The lowest BCUT2D eigenvalue weighted by atomic mass is 10.1. The Balaban J connectivity index is 1.66. The number of aromatic nitrogens is 3. The average molecular weight is 427 g/mol. The molecule has 150 valence electrons. The highest BCUT2D eigenvalue weighted by molar-refractivity contribution is 7.99. The van der Waals surface area contributed by atoms with Crippen molar-refractivity contribution < 1.29 is 4.79 Å². The molecule has 1 N–H and O–H groups in total. The molecule has 0 bridgehead atoms. The molecule has 0 radical (unpaired) electrons. The Hall–Kier alpha value is -2.57. The summed E-state index contributed by atoms with van der Waals surface area (Å²) in [5.41, 5.74) is 4.14. The van der Waals surface area contributed by atoms with Crippen LogP contribution >= 0.6 is 23.4 Å². The topological polar surface area (TPSA) is 59.8 Å². The van der Waals surface area contributed by atoms with Gasteiger partial charge in [0.15, 0.2) is 5.16 Å². The van der Waals surface area contributed by atoms with Gasteiger partial charge in [-0.3, -0.25) is 4.79 Å². The van der Waals surface area contributed by atoms with Crippen LogP contribution in [0, 0.1) is 13.8 Å². The second-order valence-corrected chi connectivity index (χ2v) is 8.14. The van der Waals surface area contributed by atoms with Crippen molar-refractivity contribution in [3.63, 3.8) is 0 Å². The van der Waals surface area contributed by atoms with Crippen LogP contribution in [0.4, 0.5) is 5.69 Å². The summed E-state index contributed by atoms with van der Waals surface area (Å²) in [5, 5.41) is 13.0. The molecule has 1 aromatic heterocycles. The molecule has 7 heteroatoms. The van der Waals surface area contributed by atoms with E-state index in [-0.39, 0.29) is 11.7 Å². The van der Waals surface area contributed by atoms with Crippen molar-refractivity contribution in [1.82, 2.24) is 14.8 Å². The number of rotatable bonds is 8. The Morgan fingerprint density at radius 1 is 1.21 bits per heavy atom. The maximum absolute atomic E-state index is 12.4. The molecular formula is C22H23ClN4OS. The second-order valence-electron chi connectivity index (χ2n) is 6.76. The predicted molar refractivity (Wildman–Crippen MR) is 120 cm³/mol. The number of hydrogen-bond donors (Lipinski definition) is 1. The Morgan fingerprint density at radius 2 is 1.97 bits per heavy atom. The number of anilines is 1. The Bertz CT molecular complexity index is 1010. The first kappa shape index (κ1) is 21.1. The molecule has 3 rings (SSSR count). The first-order valence-electron chi connectivity index (χ1n) is 9.23. The van der Waals surface area contributed by atoms with Gasteiger partial charge in [0.1, 0.15) is 5.82 Å². The fraction of sp³-hybridized carbons (Fsp3) is 0.227. The maximum atomic E-state index is 12.4. The molecule has 1 heterocycles. The lowest BCUT2D eigenvalue weighted by molar-refractivity contribution is -0.113. The molecule has 0 unspecified atom stereocenters. The molecule has 5 nitrogen and oxygen atoms in total. The summed E-state index contributed by atoms with van der Waals surface area (Å²) in [4.78, 5) is 12.4. The molecule has 29 heavy (non-hydrogen) atoms. The van der Waals surface area contributed by atoms with Crippen LogP contribution < -0.4 is 5.32 Å². The van der Waals surface area contributed by atoms with Gasteiger partial charge in [-0.05, 0) is 43.2 Å². The lowest BCUT2D eigenvalue weighted by Gasteiger charge is -2.10. The first-order chi connectivity index (χ1) is 14.0. The Morgan fingerprint density at radius 3 is 2.66 bits per heavy atom. The van der Waals surface area contributed by atoms with E-state index >= 15 is 0 Å². The largest absolute Gasteiger partial charge is 0.325 e. The molecular weight excluding hydrogens is 404 g/mol. The normalized spacial score (nSPS) is 10.7. The van der Waals surface area contributed by atoms with E-state index in [9.17, 15) is 4.79 Å². The van der Waals surface area contributed by atoms with E-state index in [4.69, 9.17) is 11.6 Å². The molecule has 1 amide bonds. The number of thioether (sulfide) groups is 1. The quantitative estimate of drug-likeness (QED) is 0.404. The Kier molecular flexibility index (Phi) is 7.12.